The molecule has 2 nitrogen and oxygen atoms in total. The first kappa shape index (κ1) is 20.7. The number of unbranched alkanes of at least 4 members (excludes halogenated alkanes) is 3. The molecule has 1 heterocycles. The zero-order valence-electron chi connectivity index (χ0n) is 14.8. The van der Waals surface area contributed by atoms with Gasteiger partial charge in [-0.25, -0.2) is 0 Å². The molecular formula is C18H31F2NOSn. The second-order valence-electron chi connectivity index (χ2n) is 6.35. The van der Waals surface area contributed by atoms with Gasteiger partial charge in [-0.3, -0.25) is 0 Å². The molecule has 1 rings (SSSR count). The molecule has 132 valence electrons. The summed E-state index contributed by atoms with van der Waals surface area (Å²) >= 11 is -2.54. The summed E-state index contributed by atoms with van der Waals surface area (Å²) in [5.74, 6) is 0.172. The Morgan fingerprint density at radius 3 is 1.83 bits per heavy atom. The number of ether oxygens (including phenoxy) is 1. The Morgan fingerprint density at radius 1 is 0.957 bits per heavy atom. The molecule has 0 radical (unpaired) electrons. The van der Waals surface area contributed by atoms with Crippen LogP contribution in [0.5, 0.6) is 5.75 Å². The van der Waals surface area contributed by atoms with Crippen LogP contribution in [0.25, 0.3) is 0 Å². The molecule has 0 unspecified atom stereocenters. The molecule has 0 saturated carbocycles. The van der Waals surface area contributed by atoms with Crippen molar-refractivity contribution >= 4 is 22.1 Å². The van der Waals surface area contributed by atoms with Gasteiger partial charge in [-0.1, -0.05) is 0 Å². The van der Waals surface area contributed by atoms with Crippen LogP contribution in [0, 0.1) is 0 Å². The molecule has 23 heavy (non-hydrogen) atoms. The predicted molar refractivity (Wildman–Crippen MR) is 95.4 cm³/mol. The number of hydrogen-bond acceptors (Lipinski definition) is 2. The van der Waals surface area contributed by atoms with E-state index in [1.54, 1.807) is 6.07 Å². The van der Waals surface area contributed by atoms with Crippen LogP contribution < -0.4 is 8.45 Å². The van der Waals surface area contributed by atoms with Gasteiger partial charge in [-0.15, -0.1) is 0 Å². The SMILES string of the molecule is CCC[CH2][Sn]([CH2]CCC)([CH2]CCC)[c]1ccc(OC(F)F)cn1. The van der Waals surface area contributed by atoms with Gasteiger partial charge in [-0.05, 0) is 0 Å². The van der Waals surface area contributed by atoms with Crippen molar-refractivity contribution in [2.24, 2.45) is 0 Å². The molecule has 0 aliphatic heterocycles. The Kier molecular flexibility index (Phi) is 10.1. The van der Waals surface area contributed by atoms with E-state index in [0.29, 0.717) is 0 Å². The van der Waals surface area contributed by atoms with E-state index in [1.807, 2.05) is 6.07 Å². The Hall–Kier alpha value is -0.391. The number of rotatable bonds is 12. The summed E-state index contributed by atoms with van der Waals surface area (Å²) in [6.07, 6.45) is 8.93. The normalized spacial score (nSPS) is 11.9. The van der Waals surface area contributed by atoms with Gasteiger partial charge in [0, 0.05) is 0 Å². The topological polar surface area (TPSA) is 22.1 Å². The van der Waals surface area contributed by atoms with E-state index in [9.17, 15) is 8.78 Å². The molecule has 0 saturated heterocycles. The van der Waals surface area contributed by atoms with E-state index < -0.39 is 25.0 Å². The maximum absolute atomic E-state index is 12.3. The molecule has 5 heteroatoms. The average molecular weight is 434 g/mol. The molecule has 0 aliphatic carbocycles. The van der Waals surface area contributed by atoms with Crippen molar-refractivity contribution in [3.05, 3.63) is 18.3 Å². The summed E-state index contributed by atoms with van der Waals surface area (Å²) in [6.45, 7) is 3.94. The molecule has 0 atom stereocenters. The standard InChI is InChI=1S/C6H4F2NO.3C4H9.Sn/c7-6(8)10-5-2-1-3-9-4-5;3*1-3-4-2;/h1-2,4,6H;3*1,3-4H2,2H3;. The Labute approximate surface area is 143 Å². The summed E-state index contributed by atoms with van der Waals surface area (Å²) in [5.41, 5.74) is 0. The van der Waals surface area contributed by atoms with Crippen LogP contribution in [0.2, 0.25) is 13.3 Å². The first-order chi connectivity index (χ1) is 11.1. The molecule has 0 bridgehead atoms. The summed E-state index contributed by atoms with van der Waals surface area (Å²) in [5, 5.41) is 0. The number of halogens is 2. The zero-order valence-corrected chi connectivity index (χ0v) is 17.6. The number of aromatic nitrogens is 1. The van der Waals surface area contributed by atoms with Crippen LogP contribution in [0.1, 0.15) is 59.3 Å². The van der Waals surface area contributed by atoms with Crippen molar-refractivity contribution in [2.45, 2.75) is 79.2 Å². The van der Waals surface area contributed by atoms with Crippen LogP contribution in [0.4, 0.5) is 8.78 Å². The van der Waals surface area contributed by atoms with E-state index >= 15 is 0 Å². The third-order valence-electron chi connectivity index (χ3n) is 4.53. The van der Waals surface area contributed by atoms with Gasteiger partial charge >= 0.3 is 144 Å². The molecule has 1 aromatic heterocycles. The molecule has 0 aromatic carbocycles. The number of hydrogen-bond donors (Lipinski definition) is 0. The fourth-order valence-electron chi connectivity index (χ4n) is 3.17. The molecular weight excluding hydrogens is 403 g/mol. The molecule has 1 aromatic rings. The third-order valence-corrected chi connectivity index (χ3v) is 19.7. The Balaban J connectivity index is 3.02. The minimum absolute atomic E-state index is 0.172. The van der Waals surface area contributed by atoms with E-state index in [2.05, 4.69) is 30.5 Å². The summed E-state index contributed by atoms with van der Waals surface area (Å²) in [4.78, 5) is 4.60. The second kappa shape index (κ2) is 11.2. The molecule has 0 amide bonds. The monoisotopic (exact) mass is 435 g/mol. The van der Waals surface area contributed by atoms with Gasteiger partial charge in [-0.2, -0.15) is 0 Å². The number of alkyl halides is 2. The Morgan fingerprint density at radius 2 is 1.48 bits per heavy atom. The van der Waals surface area contributed by atoms with Crippen molar-refractivity contribution in [2.75, 3.05) is 0 Å². The molecule has 0 spiro atoms. The zero-order chi connectivity index (χ0) is 17.1. The van der Waals surface area contributed by atoms with Crippen molar-refractivity contribution in [3.63, 3.8) is 0 Å². The van der Waals surface area contributed by atoms with Crippen LogP contribution >= 0.6 is 0 Å². The number of pyridine rings is 1. The van der Waals surface area contributed by atoms with E-state index in [4.69, 9.17) is 0 Å². The first-order valence-corrected chi connectivity index (χ1v) is 16.5. The predicted octanol–water partition coefficient (Wildman–Crippen LogP) is 5.74. The quantitative estimate of drug-likeness (QED) is 0.392. The van der Waals surface area contributed by atoms with Gasteiger partial charge in [0.15, 0.2) is 0 Å². The summed E-state index contributed by atoms with van der Waals surface area (Å²) < 4.78 is 34.3. The van der Waals surface area contributed by atoms with E-state index in [-0.39, 0.29) is 5.75 Å². The summed E-state index contributed by atoms with van der Waals surface area (Å²) in [7, 11) is 0. The Bertz CT molecular complexity index is 404. The van der Waals surface area contributed by atoms with E-state index in [0.717, 1.165) is 0 Å². The van der Waals surface area contributed by atoms with Gasteiger partial charge < -0.3 is 0 Å². The van der Waals surface area contributed by atoms with Crippen molar-refractivity contribution in [1.82, 2.24) is 4.98 Å². The van der Waals surface area contributed by atoms with Crippen LogP contribution in [-0.4, -0.2) is 30.0 Å². The average Bonchev–Trinajstić information content (AvgIpc) is 2.55. The second-order valence-corrected chi connectivity index (χ2v) is 19.4. The van der Waals surface area contributed by atoms with Gasteiger partial charge in [0.2, 0.25) is 0 Å². The van der Waals surface area contributed by atoms with Gasteiger partial charge in [0.05, 0.1) is 0 Å². The maximum atomic E-state index is 12.3. The van der Waals surface area contributed by atoms with Crippen LogP contribution in [0.3, 0.4) is 0 Å². The van der Waals surface area contributed by atoms with Gasteiger partial charge in [0.25, 0.3) is 0 Å². The van der Waals surface area contributed by atoms with Crippen LogP contribution in [-0.2, 0) is 0 Å². The first-order valence-electron chi connectivity index (χ1n) is 8.99. The molecule has 0 aliphatic rings. The third kappa shape index (κ3) is 6.94. The van der Waals surface area contributed by atoms with Crippen LogP contribution in [0.15, 0.2) is 18.3 Å². The molecule has 0 N–H and O–H groups in total. The fourth-order valence-corrected chi connectivity index (χ4v) is 18.5. The summed E-state index contributed by atoms with van der Waals surface area (Å²) in [6, 6.07) is 3.67. The molecule has 0 fully saturated rings. The van der Waals surface area contributed by atoms with E-state index in [1.165, 1.54) is 61.7 Å². The fraction of sp³-hybridized carbons (Fsp3) is 0.722. The van der Waals surface area contributed by atoms with Crippen molar-refractivity contribution < 1.29 is 13.5 Å². The van der Waals surface area contributed by atoms with Crippen molar-refractivity contribution in [3.8, 4) is 5.75 Å². The van der Waals surface area contributed by atoms with Crippen molar-refractivity contribution in [1.29, 1.82) is 0 Å². The number of nitrogens with zero attached hydrogens (tertiary/aromatic N) is 1. The van der Waals surface area contributed by atoms with Gasteiger partial charge in [0.1, 0.15) is 0 Å². The minimum atomic E-state index is -2.78.